The third kappa shape index (κ3) is 4.20. The highest BCUT2D eigenvalue weighted by Gasteiger charge is 2.23. The van der Waals surface area contributed by atoms with Crippen molar-refractivity contribution >= 4 is 33.2 Å². The minimum Gasteiger partial charge on any atom is -0.370 e. The van der Waals surface area contributed by atoms with Crippen LogP contribution in [0.1, 0.15) is 27.7 Å². The van der Waals surface area contributed by atoms with Gasteiger partial charge in [-0.05, 0) is 45.9 Å². The van der Waals surface area contributed by atoms with Crippen LogP contribution in [0, 0.1) is 5.82 Å². The summed E-state index contributed by atoms with van der Waals surface area (Å²) in [4.78, 5) is 13.6. The fraction of sp³-hybridized carbons (Fsp3) is 0.500. The van der Waals surface area contributed by atoms with Gasteiger partial charge in [-0.2, -0.15) is 0 Å². The van der Waals surface area contributed by atoms with E-state index in [4.69, 9.17) is 0 Å². The molecule has 0 heterocycles. The lowest BCUT2D eigenvalue weighted by Gasteiger charge is -2.24. The summed E-state index contributed by atoms with van der Waals surface area (Å²) < 4.78 is 13.3. The van der Waals surface area contributed by atoms with Crippen LogP contribution in [0.2, 0.25) is 0 Å². The molecule has 0 spiro atoms. The number of carbonyl (C=O) groups excluding carboxylic acids is 1. The Morgan fingerprint density at radius 2 is 2.00 bits per heavy atom. The van der Waals surface area contributed by atoms with E-state index < -0.39 is 4.32 Å². The predicted octanol–water partition coefficient (Wildman–Crippen LogP) is 3.78. The smallest absolute Gasteiger partial charge is 0.240 e. The van der Waals surface area contributed by atoms with E-state index in [1.807, 2.05) is 25.8 Å². The molecule has 1 amide bonds. The van der Waals surface area contributed by atoms with Gasteiger partial charge in [-0.1, -0.05) is 15.9 Å². The second-order valence-corrected chi connectivity index (χ2v) is 7.28. The molecule has 0 radical (unpaired) electrons. The normalized spacial score (nSPS) is 11.6. The topological polar surface area (TPSA) is 32.3 Å². The lowest BCUT2D eigenvalue weighted by Crippen LogP contribution is -2.31. The van der Waals surface area contributed by atoms with E-state index in [0.717, 1.165) is 0 Å². The van der Waals surface area contributed by atoms with Gasteiger partial charge >= 0.3 is 0 Å². The molecule has 0 unspecified atom stereocenters. The summed E-state index contributed by atoms with van der Waals surface area (Å²) in [5.74, 6) is -0.557. The van der Waals surface area contributed by atoms with E-state index in [0.29, 0.717) is 11.4 Å². The molecule has 3 nitrogen and oxygen atoms in total. The monoisotopic (exact) mass is 330 g/mol. The SMILES string of the molecule is CC(C)N(C)c1ccc(NC(=O)C(C)(C)Br)cc1F. The number of nitrogens with zero attached hydrogens (tertiary/aromatic N) is 1. The molecule has 0 aliphatic rings. The molecule has 0 aromatic heterocycles. The van der Waals surface area contributed by atoms with Crippen LogP contribution in [0.5, 0.6) is 0 Å². The Morgan fingerprint density at radius 3 is 2.42 bits per heavy atom. The minimum atomic E-state index is -0.684. The molecule has 1 aromatic rings. The quantitative estimate of drug-likeness (QED) is 0.852. The Bertz CT molecular complexity index is 469. The van der Waals surface area contributed by atoms with E-state index in [9.17, 15) is 9.18 Å². The maximum absolute atomic E-state index is 14.0. The van der Waals surface area contributed by atoms with Crippen molar-refractivity contribution < 1.29 is 9.18 Å². The Labute approximate surface area is 122 Å². The van der Waals surface area contributed by atoms with E-state index >= 15 is 0 Å². The summed E-state index contributed by atoms with van der Waals surface area (Å²) in [6, 6.07) is 4.92. The highest BCUT2D eigenvalue weighted by atomic mass is 79.9. The van der Waals surface area contributed by atoms with Crippen LogP contribution in [0.4, 0.5) is 15.8 Å². The van der Waals surface area contributed by atoms with Gasteiger partial charge in [-0.25, -0.2) is 4.39 Å². The molecular formula is C14H20BrFN2O. The first-order valence-electron chi connectivity index (χ1n) is 6.15. The second-order valence-electron chi connectivity index (χ2n) is 5.30. The number of carbonyl (C=O) groups is 1. The standard InChI is InChI=1S/C14H20BrFN2O/c1-9(2)18(5)12-7-6-10(8-11(12)16)17-13(19)14(3,4)15/h6-9H,1-5H3,(H,17,19). The van der Waals surface area contributed by atoms with Crippen LogP contribution in [-0.2, 0) is 4.79 Å². The molecule has 0 saturated heterocycles. The molecule has 0 saturated carbocycles. The predicted molar refractivity (Wildman–Crippen MR) is 81.6 cm³/mol. The van der Waals surface area contributed by atoms with Crippen molar-refractivity contribution in [2.24, 2.45) is 0 Å². The van der Waals surface area contributed by atoms with Gasteiger partial charge in [-0.3, -0.25) is 4.79 Å². The third-order valence-electron chi connectivity index (χ3n) is 2.90. The maximum Gasteiger partial charge on any atom is 0.240 e. The zero-order valence-corrected chi connectivity index (χ0v) is 13.5. The van der Waals surface area contributed by atoms with E-state index in [-0.39, 0.29) is 17.8 Å². The lowest BCUT2D eigenvalue weighted by atomic mass is 10.2. The molecule has 0 atom stereocenters. The minimum absolute atomic E-state index is 0.205. The summed E-state index contributed by atoms with van der Waals surface area (Å²) >= 11 is 3.26. The van der Waals surface area contributed by atoms with Crippen molar-refractivity contribution in [2.75, 3.05) is 17.3 Å². The van der Waals surface area contributed by atoms with Gasteiger partial charge < -0.3 is 10.2 Å². The van der Waals surface area contributed by atoms with Crippen LogP contribution in [0.3, 0.4) is 0 Å². The van der Waals surface area contributed by atoms with Crippen molar-refractivity contribution in [3.05, 3.63) is 24.0 Å². The molecule has 19 heavy (non-hydrogen) atoms. The van der Waals surface area contributed by atoms with E-state index in [1.165, 1.54) is 6.07 Å². The number of rotatable bonds is 4. The van der Waals surface area contributed by atoms with Crippen molar-refractivity contribution in [1.82, 2.24) is 0 Å². The Morgan fingerprint density at radius 1 is 1.42 bits per heavy atom. The molecule has 0 aliphatic heterocycles. The number of hydrogen-bond donors (Lipinski definition) is 1. The van der Waals surface area contributed by atoms with Gasteiger partial charge in [-0.15, -0.1) is 0 Å². The molecule has 0 bridgehead atoms. The van der Waals surface area contributed by atoms with Crippen molar-refractivity contribution in [1.29, 1.82) is 0 Å². The van der Waals surface area contributed by atoms with Gasteiger partial charge in [0.1, 0.15) is 5.82 Å². The molecule has 1 rings (SSSR count). The Hall–Kier alpha value is -1.10. The van der Waals surface area contributed by atoms with Crippen molar-refractivity contribution in [2.45, 2.75) is 38.1 Å². The van der Waals surface area contributed by atoms with E-state index in [2.05, 4.69) is 21.2 Å². The number of alkyl halides is 1. The molecule has 1 N–H and O–H groups in total. The van der Waals surface area contributed by atoms with Gasteiger partial charge in [0.2, 0.25) is 5.91 Å². The molecule has 106 valence electrons. The molecular weight excluding hydrogens is 311 g/mol. The second kappa shape index (κ2) is 5.90. The highest BCUT2D eigenvalue weighted by molar-refractivity contribution is 9.10. The summed E-state index contributed by atoms with van der Waals surface area (Å²) in [6.07, 6.45) is 0. The summed E-state index contributed by atoms with van der Waals surface area (Å²) in [7, 11) is 1.84. The summed E-state index contributed by atoms with van der Waals surface area (Å²) in [5, 5.41) is 2.67. The van der Waals surface area contributed by atoms with E-state index in [1.54, 1.807) is 26.0 Å². The van der Waals surface area contributed by atoms with Crippen molar-refractivity contribution in [3.63, 3.8) is 0 Å². The van der Waals surface area contributed by atoms with Crippen LogP contribution < -0.4 is 10.2 Å². The average molecular weight is 331 g/mol. The van der Waals surface area contributed by atoms with Crippen LogP contribution >= 0.6 is 15.9 Å². The number of halogens is 2. The van der Waals surface area contributed by atoms with Crippen LogP contribution in [0.15, 0.2) is 18.2 Å². The van der Waals surface area contributed by atoms with Crippen LogP contribution in [-0.4, -0.2) is 23.3 Å². The largest absolute Gasteiger partial charge is 0.370 e. The van der Waals surface area contributed by atoms with Crippen LogP contribution in [0.25, 0.3) is 0 Å². The van der Waals surface area contributed by atoms with Gasteiger partial charge in [0.05, 0.1) is 10.0 Å². The fourth-order valence-corrected chi connectivity index (χ4v) is 1.53. The lowest BCUT2D eigenvalue weighted by molar-refractivity contribution is -0.117. The summed E-state index contributed by atoms with van der Waals surface area (Å²) in [6.45, 7) is 7.45. The van der Waals surface area contributed by atoms with Gasteiger partial charge in [0.25, 0.3) is 0 Å². The van der Waals surface area contributed by atoms with Crippen molar-refractivity contribution in [3.8, 4) is 0 Å². The molecule has 5 heteroatoms. The molecule has 0 aliphatic carbocycles. The third-order valence-corrected chi connectivity index (χ3v) is 3.26. The molecule has 1 aromatic carbocycles. The number of anilines is 2. The molecule has 0 fully saturated rings. The highest BCUT2D eigenvalue weighted by Crippen LogP contribution is 2.25. The number of nitrogens with one attached hydrogen (secondary N) is 1. The Kier molecular flexibility index (Phi) is 4.96. The fourth-order valence-electron chi connectivity index (χ4n) is 1.43. The Balaban J connectivity index is 2.92. The zero-order chi connectivity index (χ0) is 14.8. The maximum atomic E-state index is 14.0. The van der Waals surface area contributed by atoms with Gasteiger partial charge in [0.15, 0.2) is 0 Å². The first-order valence-corrected chi connectivity index (χ1v) is 6.95. The number of amides is 1. The first kappa shape index (κ1) is 16.0. The van der Waals surface area contributed by atoms with Gasteiger partial charge in [0, 0.05) is 18.8 Å². The zero-order valence-electron chi connectivity index (χ0n) is 11.9. The number of benzene rings is 1. The average Bonchev–Trinajstić information content (AvgIpc) is 2.26. The summed E-state index contributed by atoms with van der Waals surface area (Å²) in [5.41, 5.74) is 0.974. The first-order chi connectivity index (χ1) is 8.62. The number of hydrogen-bond acceptors (Lipinski definition) is 2.